The van der Waals surface area contributed by atoms with Crippen LogP contribution in [0.1, 0.15) is 66.4 Å². The highest BCUT2D eigenvalue weighted by atomic mass is 32.1. The zero-order valence-electron chi connectivity index (χ0n) is 20.9. The molecule has 2 heterocycles. The molecule has 1 amide bonds. The van der Waals surface area contributed by atoms with Crippen molar-refractivity contribution in [1.29, 1.82) is 0 Å². The van der Waals surface area contributed by atoms with E-state index < -0.39 is 0 Å². The number of nitrogens with one attached hydrogen (secondary N) is 2. The highest BCUT2D eigenvalue weighted by Gasteiger charge is 2.22. The number of rotatable bonds is 10. The molecule has 0 aliphatic heterocycles. The molecule has 2 aromatic carbocycles. The van der Waals surface area contributed by atoms with E-state index in [1.165, 1.54) is 0 Å². The molecule has 0 radical (unpaired) electrons. The fourth-order valence-electron chi connectivity index (χ4n) is 3.84. The van der Waals surface area contributed by atoms with Crippen molar-refractivity contribution in [2.45, 2.75) is 45.7 Å². The normalized spacial score (nSPS) is 11.9. The number of nitrogens with zero attached hydrogens (tertiary/aromatic N) is 3. The third-order valence-corrected chi connectivity index (χ3v) is 6.52. The summed E-state index contributed by atoms with van der Waals surface area (Å²) in [5.74, 6) is 1.80. The second-order valence-corrected chi connectivity index (χ2v) is 9.51. The van der Waals surface area contributed by atoms with Gasteiger partial charge in [0.2, 0.25) is 0 Å². The quantitative estimate of drug-likeness (QED) is 0.210. The molecular weight excluding hydrogens is 474 g/mol. The molecule has 0 unspecified atom stereocenters. The molecule has 1 atom stereocenters. The van der Waals surface area contributed by atoms with Gasteiger partial charge in [0, 0.05) is 13.6 Å². The number of aromatic nitrogens is 2. The number of carbonyl (C=O) groups excluding carboxylic acids is 1. The Morgan fingerprint density at radius 2 is 1.86 bits per heavy atom. The minimum absolute atomic E-state index is 0.0879. The van der Waals surface area contributed by atoms with E-state index in [2.05, 4.69) is 46.2 Å². The fourth-order valence-corrected chi connectivity index (χ4v) is 4.31. The number of phenols is 1. The van der Waals surface area contributed by atoms with Crippen LogP contribution < -0.4 is 10.6 Å². The van der Waals surface area contributed by atoms with Gasteiger partial charge in [0.1, 0.15) is 5.76 Å². The Balaban J connectivity index is 1.50. The lowest BCUT2D eigenvalue weighted by Crippen LogP contribution is -2.26. The monoisotopic (exact) mass is 505 g/mol. The van der Waals surface area contributed by atoms with Gasteiger partial charge in [0.15, 0.2) is 17.4 Å². The first-order valence-electron chi connectivity index (χ1n) is 11.9. The number of benzene rings is 2. The number of hydrogen-bond donors (Lipinski definition) is 3. The predicted molar refractivity (Wildman–Crippen MR) is 143 cm³/mol. The molecule has 9 heteroatoms. The van der Waals surface area contributed by atoms with Gasteiger partial charge in [0.05, 0.1) is 35.3 Å². The number of amides is 1. The van der Waals surface area contributed by atoms with E-state index >= 15 is 0 Å². The third-order valence-electron chi connectivity index (χ3n) is 5.99. The topological polar surface area (TPSA) is 104 Å². The molecule has 188 valence electrons. The molecule has 4 rings (SSSR count). The van der Waals surface area contributed by atoms with E-state index in [9.17, 15) is 9.90 Å². The zero-order chi connectivity index (χ0) is 25.7. The van der Waals surface area contributed by atoms with Gasteiger partial charge >= 0.3 is 0 Å². The van der Waals surface area contributed by atoms with Crippen molar-refractivity contribution >= 4 is 35.0 Å². The van der Waals surface area contributed by atoms with Crippen LogP contribution in [0.2, 0.25) is 0 Å². The molecule has 36 heavy (non-hydrogen) atoms. The van der Waals surface area contributed by atoms with E-state index in [1.54, 1.807) is 36.4 Å². The summed E-state index contributed by atoms with van der Waals surface area (Å²) in [5, 5.41) is 17.5. The van der Waals surface area contributed by atoms with E-state index in [4.69, 9.17) is 4.42 Å². The van der Waals surface area contributed by atoms with Crippen molar-refractivity contribution < 1.29 is 14.3 Å². The number of carbonyl (C=O) groups is 1. The highest BCUT2D eigenvalue weighted by Crippen LogP contribution is 2.35. The van der Waals surface area contributed by atoms with Gasteiger partial charge in [-0.15, -0.1) is 0 Å². The number of aromatic hydroxyl groups is 1. The van der Waals surface area contributed by atoms with Crippen LogP contribution in [0, 0.1) is 0 Å². The zero-order valence-corrected chi connectivity index (χ0v) is 21.7. The Hall–Kier alpha value is -3.85. The Morgan fingerprint density at radius 1 is 1.11 bits per heavy atom. The molecule has 2 aromatic heterocycles. The highest BCUT2D eigenvalue weighted by molar-refractivity contribution is 6.99. The van der Waals surface area contributed by atoms with Crippen molar-refractivity contribution in [3.05, 3.63) is 83.3 Å². The molecule has 0 bridgehead atoms. The smallest absolute Gasteiger partial charge is 0.257 e. The minimum Gasteiger partial charge on any atom is -0.505 e. The van der Waals surface area contributed by atoms with Gasteiger partial charge in [-0.3, -0.25) is 4.79 Å². The van der Waals surface area contributed by atoms with Crippen LogP contribution in [0.4, 0.5) is 17.3 Å². The summed E-state index contributed by atoms with van der Waals surface area (Å²) < 4.78 is 14.5. The summed E-state index contributed by atoms with van der Waals surface area (Å²) in [5.41, 5.74) is 2.73. The summed E-state index contributed by atoms with van der Waals surface area (Å²) in [6.07, 6.45) is 2.57. The largest absolute Gasteiger partial charge is 0.505 e. The van der Waals surface area contributed by atoms with Gasteiger partial charge in [-0.1, -0.05) is 57.2 Å². The number of hydrogen-bond acceptors (Lipinski definition) is 8. The van der Waals surface area contributed by atoms with Crippen LogP contribution in [-0.4, -0.2) is 31.7 Å². The molecule has 0 saturated heterocycles. The first kappa shape index (κ1) is 25.2. The first-order chi connectivity index (χ1) is 17.4. The summed E-state index contributed by atoms with van der Waals surface area (Å²) in [4.78, 5) is 14.6. The molecule has 0 fully saturated rings. The van der Waals surface area contributed by atoms with Crippen LogP contribution in [0.25, 0.3) is 0 Å². The lowest BCUT2D eigenvalue weighted by Gasteiger charge is -2.19. The summed E-state index contributed by atoms with van der Waals surface area (Å²) >= 11 is 1.05. The second-order valence-electron chi connectivity index (χ2n) is 8.98. The minimum atomic E-state index is -0.278. The van der Waals surface area contributed by atoms with Crippen molar-refractivity contribution in [1.82, 2.24) is 13.6 Å². The molecular formula is C27H31N5O3S. The molecule has 0 aliphatic rings. The molecule has 0 saturated carbocycles. The maximum atomic E-state index is 13.1. The van der Waals surface area contributed by atoms with E-state index in [0.717, 1.165) is 35.0 Å². The maximum Gasteiger partial charge on any atom is 0.257 e. The number of phenolic OH excluding ortho intramolecular Hbond substituents is 1. The van der Waals surface area contributed by atoms with Gasteiger partial charge in [-0.05, 0) is 41.7 Å². The van der Waals surface area contributed by atoms with E-state index in [-0.39, 0.29) is 23.3 Å². The lowest BCUT2D eigenvalue weighted by atomic mass is 10.1. The average molecular weight is 506 g/mol. The lowest BCUT2D eigenvalue weighted by molar-refractivity contribution is 0.0782. The number of para-hydroxylation sites is 1. The summed E-state index contributed by atoms with van der Waals surface area (Å²) in [6.45, 7) is 6.75. The maximum absolute atomic E-state index is 13.1. The fraction of sp³-hybridized carbons (Fsp3) is 0.296. The van der Waals surface area contributed by atoms with Gasteiger partial charge in [-0.2, -0.15) is 8.75 Å². The molecule has 4 aromatic rings. The predicted octanol–water partition coefficient (Wildman–Crippen LogP) is 6.54. The summed E-state index contributed by atoms with van der Waals surface area (Å²) in [7, 11) is 1.71. The Bertz CT molecular complexity index is 1300. The van der Waals surface area contributed by atoms with Gasteiger partial charge in [0.25, 0.3) is 5.91 Å². The van der Waals surface area contributed by atoms with Crippen LogP contribution >= 0.6 is 11.7 Å². The van der Waals surface area contributed by atoms with Crippen molar-refractivity contribution in [2.75, 3.05) is 17.7 Å². The van der Waals surface area contributed by atoms with Gasteiger partial charge in [-0.25, -0.2) is 0 Å². The van der Waals surface area contributed by atoms with E-state index in [1.807, 2.05) is 30.3 Å². The number of furan rings is 1. The van der Waals surface area contributed by atoms with Crippen molar-refractivity contribution in [2.24, 2.45) is 0 Å². The van der Waals surface area contributed by atoms with Crippen LogP contribution in [0.5, 0.6) is 5.75 Å². The van der Waals surface area contributed by atoms with Crippen molar-refractivity contribution in [3.63, 3.8) is 0 Å². The van der Waals surface area contributed by atoms with Gasteiger partial charge < -0.3 is 25.1 Å². The molecule has 0 aliphatic carbocycles. The summed E-state index contributed by atoms with van der Waals surface area (Å²) in [6, 6.07) is 16.7. The Morgan fingerprint density at radius 3 is 2.56 bits per heavy atom. The SMILES string of the molecule is CC[C@@H](Nc1nsnc1Nc1cccc(C(=O)N(C)Cc2ccccc2)c1O)c1cc(C(C)C)co1. The van der Waals surface area contributed by atoms with E-state index in [0.29, 0.717) is 29.8 Å². The second kappa shape index (κ2) is 11.3. The Kier molecular flexibility index (Phi) is 7.90. The van der Waals surface area contributed by atoms with Crippen LogP contribution in [0.15, 0.2) is 65.3 Å². The molecule has 0 spiro atoms. The first-order valence-corrected chi connectivity index (χ1v) is 12.7. The molecule has 8 nitrogen and oxygen atoms in total. The molecule has 3 N–H and O–H groups in total. The average Bonchev–Trinajstić information content (AvgIpc) is 3.54. The third kappa shape index (κ3) is 5.68. The van der Waals surface area contributed by atoms with Crippen LogP contribution in [0.3, 0.4) is 0 Å². The van der Waals surface area contributed by atoms with Crippen molar-refractivity contribution in [3.8, 4) is 5.75 Å². The van der Waals surface area contributed by atoms with Crippen LogP contribution in [-0.2, 0) is 6.54 Å². The standard InChI is InChI=1S/C27H31N5O3S/c1-5-21(23-14-19(16-35-23)17(2)3)28-25-26(31-36-30-25)29-22-13-9-12-20(24(22)33)27(34)32(4)15-18-10-7-6-8-11-18/h6-14,16-17,21,33H,5,15H2,1-4H3,(H,28,30)(H,29,31)/t21-/m1/s1. The Labute approximate surface area is 215 Å². The number of anilines is 3.